The predicted octanol–water partition coefficient (Wildman–Crippen LogP) is 24.4. The smallest absolute Gasteiger partial charge is 0.219 e. The van der Waals surface area contributed by atoms with Gasteiger partial charge in [-0.05, 0) is 251 Å². The summed E-state index contributed by atoms with van der Waals surface area (Å²) in [6.07, 6.45) is 22.3. The van der Waals surface area contributed by atoms with Crippen LogP contribution in [0.25, 0.3) is 156 Å². The first kappa shape index (κ1) is 63.3. The molecule has 0 aliphatic carbocycles. The average Bonchev–Trinajstić information content (AvgIpc) is 0.792. The van der Waals surface area contributed by atoms with E-state index in [9.17, 15) is 0 Å². The minimum Gasteiger partial charge on any atom is -0.439 e. The lowest BCUT2D eigenvalue weighted by Crippen LogP contribution is -1.91. The Labute approximate surface area is 603 Å². The van der Waals surface area contributed by atoms with E-state index in [0.29, 0.717) is 23.3 Å². The molecule has 0 unspecified atom stereocenters. The van der Waals surface area contributed by atoms with Gasteiger partial charge in [-0.15, -0.1) is 0 Å². The molecule has 0 atom stereocenters. The van der Waals surface area contributed by atoms with Crippen molar-refractivity contribution >= 4 is 0 Å². The fraction of sp³-hybridized carbons (Fsp3) is 0. The topological polar surface area (TPSA) is 109 Å². The van der Waals surface area contributed by atoms with Crippen LogP contribution in [0.1, 0.15) is 0 Å². The number of ether oxygens (including phenoxy) is 2. The van der Waals surface area contributed by atoms with Crippen LogP contribution < -0.4 is 9.47 Å². The van der Waals surface area contributed by atoms with Crippen LogP contribution in [0.4, 0.5) is 0 Å². The predicted molar refractivity (Wildman–Crippen MR) is 420 cm³/mol. The number of aromatic nitrogens is 7. The van der Waals surface area contributed by atoms with Gasteiger partial charge in [0.25, 0.3) is 0 Å². The molecule has 17 aromatic rings. The molecule has 17 rings (SSSR count). The number of hydrogen-bond acceptors (Lipinski definition) is 9. The monoisotopic (exact) mass is 1330 g/mol. The maximum atomic E-state index is 6.45. The second-order valence-corrected chi connectivity index (χ2v) is 25.5. The van der Waals surface area contributed by atoms with Crippen LogP contribution in [-0.2, 0) is 0 Å². The van der Waals surface area contributed by atoms with Gasteiger partial charge in [-0.2, -0.15) is 0 Å². The summed E-state index contributed by atoms with van der Waals surface area (Å²) in [7, 11) is 0. The summed E-state index contributed by atoms with van der Waals surface area (Å²) in [6, 6.07) is 108. The Morgan fingerprint density at radius 3 is 0.587 bits per heavy atom. The largest absolute Gasteiger partial charge is 0.439 e. The van der Waals surface area contributed by atoms with Gasteiger partial charge in [-0.25, -0.2) is 9.97 Å². The molecular weight excluding hydrogens is 1270 g/mol. The van der Waals surface area contributed by atoms with E-state index in [1.165, 1.54) is 0 Å². The van der Waals surface area contributed by atoms with Crippen molar-refractivity contribution in [1.29, 1.82) is 0 Å². The molecule has 0 saturated carbocycles. The highest BCUT2D eigenvalue weighted by atomic mass is 16.5. The Morgan fingerprint density at radius 1 is 0.144 bits per heavy atom. The molecule has 0 bridgehead atoms. The van der Waals surface area contributed by atoms with Crippen molar-refractivity contribution < 1.29 is 9.47 Å². The Morgan fingerprint density at radius 2 is 0.346 bits per heavy atom. The summed E-state index contributed by atoms with van der Waals surface area (Å²) in [4.78, 5) is 32.0. The van der Waals surface area contributed by atoms with E-state index in [2.05, 4.69) is 257 Å². The summed E-state index contributed by atoms with van der Waals surface area (Å²) in [6.45, 7) is 0. The molecule has 0 N–H and O–H groups in total. The quantitative estimate of drug-likeness (QED) is 0.0830. The number of pyridine rings is 7. The molecule has 0 saturated heterocycles. The van der Waals surface area contributed by atoms with E-state index >= 15 is 0 Å². The lowest BCUT2D eigenvalue weighted by molar-refractivity contribution is 0.463. The number of rotatable bonds is 18. The van der Waals surface area contributed by atoms with Crippen molar-refractivity contribution in [3.8, 4) is 179 Å². The van der Waals surface area contributed by atoms with E-state index in [0.717, 1.165) is 156 Å². The van der Waals surface area contributed by atoms with Gasteiger partial charge in [0.05, 0.1) is 0 Å². The lowest BCUT2D eigenvalue weighted by atomic mass is 9.91. The first-order valence-electron chi connectivity index (χ1n) is 34.4. The third kappa shape index (κ3) is 14.2. The summed E-state index contributed by atoms with van der Waals surface area (Å²) in [5, 5.41) is 0. The molecule has 0 spiro atoms. The van der Waals surface area contributed by atoms with Crippen LogP contribution in [-0.4, -0.2) is 34.9 Å². The summed E-state index contributed by atoms with van der Waals surface area (Å²) >= 11 is 0. The van der Waals surface area contributed by atoms with Crippen LogP contribution in [0, 0.1) is 0 Å². The molecule has 7 heterocycles. The maximum Gasteiger partial charge on any atom is 0.219 e. The van der Waals surface area contributed by atoms with E-state index in [1.54, 1.807) is 24.8 Å². The zero-order valence-electron chi connectivity index (χ0n) is 56.3. The number of benzene rings is 10. The SMILES string of the molecule is c1cncc(-c2cccc(-c3cc(-c4cccc(-c5cccnc5)c4)cc(-c4cccc(-c5ccc(Oc6cccc(-c7cncc(-c8cccc(Oc9ccc(-c%10cccc(-c%11cc(-c%12cccc(-c%13cccnc%13)c%12)cc(-c%12cccc(-c%13cccnc%13)c%12)c%11)c%10)cn9)c8)c7)c6)nc5)c4)c3)c2)c1. The number of hydrogen-bond donors (Lipinski definition) is 0. The van der Waals surface area contributed by atoms with E-state index < -0.39 is 0 Å². The van der Waals surface area contributed by atoms with Gasteiger partial charge in [-0.3, -0.25) is 24.9 Å². The molecule has 0 radical (unpaired) electrons. The van der Waals surface area contributed by atoms with Crippen molar-refractivity contribution in [2.75, 3.05) is 0 Å². The second kappa shape index (κ2) is 29.0. The Balaban J connectivity index is 0.582. The van der Waals surface area contributed by atoms with Crippen molar-refractivity contribution in [1.82, 2.24) is 34.9 Å². The third-order valence-corrected chi connectivity index (χ3v) is 18.7. The molecule has 0 aliphatic rings. The molecular formula is C95H63N7O2. The molecule has 490 valence electrons. The van der Waals surface area contributed by atoms with Gasteiger partial charge in [0, 0.05) is 131 Å². The number of nitrogens with zero attached hydrogens (tertiary/aromatic N) is 7. The molecule has 9 heteroatoms. The van der Waals surface area contributed by atoms with Crippen LogP contribution in [0.15, 0.2) is 384 Å². The van der Waals surface area contributed by atoms with Crippen molar-refractivity contribution in [3.63, 3.8) is 0 Å². The second-order valence-electron chi connectivity index (χ2n) is 25.5. The van der Waals surface area contributed by atoms with Gasteiger partial charge in [0.1, 0.15) is 11.5 Å². The van der Waals surface area contributed by atoms with E-state index in [4.69, 9.17) is 24.4 Å². The van der Waals surface area contributed by atoms with Crippen molar-refractivity contribution in [2.24, 2.45) is 0 Å². The third-order valence-electron chi connectivity index (χ3n) is 18.7. The Hall–Kier alpha value is -14.2. The highest BCUT2D eigenvalue weighted by molar-refractivity contribution is 5.88. The van der Waals surface area contributed by atoms with Crippen LogP contribution in [0.2, 0.25) is 0 Å². The molecule has 9 nitrogen and oxygen atoms in total. The van der Waals surface area contributed by atoms with Crippen LogP contribution in [0.3, 0.4) is 0 Å². The van der Waals surface area contributed by atoms with Gasteiger partial charge in [-0.1, -0.05) is 158 Å². The van der Waals surface area contributed by atoms with Crippen molar-refractivity contribution in [2.45, 2.75) is 0 Å². The fourth-order valence-electron chi connectivity index (χ4n) is 13.4. The van der Waals surface area contributed by atoms with Gasteiger partial charge < -0.3 is 9.47 Å². The normalized spacial score (nSPS) is 11.1. The van der Waals surface area contributed by atoms with Gasteiger partial charge >= 0.3 is 0 Å². The minimum absolute atomic E-state index is 0.482. The van der Waals surface area contributed by atoms with Crippen LogP contribution in [0.5, 0.6) is 23.3 Å². The van der Waals surface area contributed by atoms with Gasteiger partial charge in [0.15, 0.2) is 0 Å². The zero-order valence-corrected chi connectivity index (χ0v) is 56.3. The summed E-state index contributed by atoms with van der Waals surface area (Å²) in [5.41, 5.74) is 29.8. The molecule has 0 amide bonds. The molecule has 0 fully saturated rings. The Kier molecular flexibility index (Phi) is 17.6. The average molecular weight is 1330 g/mol. The van der Waals surface area contributed by atoms with E-state index in [-0.39, 0.29) is 0 Å². The molecule has 104 heavy (non-hydrogen) atoms. The maximum absolute atomic E-state index is 6.45. The highest BCUT2D eigenvalue weighted by Crippen LogP contribution is 2.41. The van der Waals surface area contributed by atoms with Gasteiger partial charge in [0.2, 0.25) is 11.8 Å². The van der Waals surface area contributed by atoms with E-state index in [1.807, 2.05) is 122 Å². The molecule has 0 aliphatic heterocycles. The first-order chi connectivity index (χ1) is 51.4. The van der Waals surface area contributed by atoms with Crippen molar-refractivity contribution in [3.05, 3.63) is 384 Å². The molecule has 7 aromatic heterocycles. The molecule has 10 aromatic carbocycles. The van der Waals surface area contributed by atoms with Crippen LogP contribution >= 0.6 is 0 Å². The fourth-order valence-corrected chi connectivity index (χ4v) is 13.4. The summed E-state index contributed by atoms with van der Waals surface area (Å²) in [5.74, 6) is 2.28. The summed E-state index contributed by atoms with van der Waals surface area (Å²) < 4.78 is 12.9. The first-order valence-corrected chi connectivity index (χ1v) is 34.4. The lowest BCUT2D eigenvalue weighted by Gasteiger charge is -2.14. The highest BCUT2D eigenvalue weighted by Gasteiger charge is 2.16. The standard InChI is InChI=1S/C95H63N7O2/c1-13-64(78-27-9-37-96-56-78)41-70(19-1)84-47-85(71-20-2-14-65(42-71)79-28-10-38-97-57-79)50-88(49-84)74-23-5-17-68(45-74)82-33-35-94(101-62-82)103-92-31-7-25-76(54-92)90-53-91(61-100-60-90)77-26-8-32-93(55-77)104-95-36-34-83(63-102-95)69-18-6-24-75(46-69)89-51-86(72-21-3-15-66(43-72)80-29-11-39-98-58-80)48-87(52-89)73-22-4-16-67(44-73)81-30-12-40-99-59-81/h1-63H. The Bertz CT molecular complexity index is 5350. The zero-order chi connectivity index (χ0) is 69.4. The minimum atomic E-state index is 0.482.